The summed E-state index contributed by atoms with van der Waals surface area (Å²) in [6.45, 7) is 7.24. The van der Waals surface area contributed by atoms with E-state index in [4.69, 9.17) is 0 Å². The Morgan fingerprint density at radius 1 is 1.26 bits per heavy atom. The Labute approximate surface area is 116 Å². The van der Waals surface area contributed by atoms with Crippen molar-refractivity contribution in [3.05, 3.63) is 35.9 Å². The van der Waals surface area contributed by atoms with Gasteiger partial charge in [0.05, 0.1) is 12.2 Å². The molecule has 3 nitrogen and oxygen atoms in total. The van der Waals surface area contributed by atoms with Gasteiger partial charge < -0.3 is 4.90 Å². The number of hydrogen-bond acceptors (Lipinski definition) is 2. The van der Waals surface area contributed by atoms with Gasteiger partial charge in [0.1, 0.15) is 0 Å². The van der Waals surface area contributed by atoms with Crippen molar-refractivity contribution in [1.82, 2.24) is 10.2 Å². The van der Waals surface area contributed by atoms with Crippen molar-refractivity contribution in [2.45, 2.75) is 45.8 Å². The van der Waals surface area contributed by atoms with Crippen LogP contribution in [0.4, 0.5) is 0 Å². The summed E-state index contributed by atoms with van der Waals surface area (Å²) < 4.78 is 0. The third kappa shape index (κ3) is 3.35. The molecule has 0 aromatic heterocycles. The van der Waals surface area contributed by atoms with E-state index in [9.17, 15) is 4.79 Å². The summed E-state index contributed by atoms with van der Waals surface area (Å²) in [6, 6.07) is 10.2. The van der Waals surface area contributed by atoms with Crippen LogP contribution in [0.2, 0.25) is 0 Å². The van der Waals surface area contributed by atoms with Gasteiger partial charge in [0, 0.05) is 6.54 Å². The van der Waals surface area contributed by atoms with Crippen LogP contribution in [0.3, 0.4) is 0 Å². The van der Waals surface area contributed by atoms with Crippen LogP contribution in [-0.4, -0.2) is 29.6 Å². The second-order valence-corrected chi connectivity index (χ2v) is 5.68. The van der Waals surface area contributed by atoms with Gasteiger partial charge in [-0.25, -0.2) is 0 Å². The maximum absolute atomic E-state index is 12.4. The summed E-state index contributed by atoms with van der Waals surface area (Å²) in [6.07, 6.45) is 2.00. The van der Waals surface area contributed by atoms with E-state index in [-0.39, 0.29) is 18.1 Å². The highest BCUT2D eigenvalue weighted by Gasteiger charge is 2.37. The van der Waals surface area contributed by atoms with Crippen LogP contribution in [-0.2, 0) is 11.2 Å². The van der Waals surface area contributed by atoms with Crippen molar-refractivity contribution in [1.29, 1.82) is 0 Å². The number of amides is 1. The maximum atomic E-state index is 12.4. The number of carbonyl (C=O) groups excluding carboxylic acids is 1. The first-order chi connectivity index (χ1) is 9.11. The topological polar surface area (TPSA) is 32.3 Å². The monoisotopic (exact) mass is 260 g/mol. The molecule has 0 spiro atoms. The van der Waals surface area contributed by atoms with Gasteiger partial charge in [0.15, 0.2) is 0 Å². The molecule has 1 aliphatic rings. The van der Waals surface area contributed by atoms with Crippen LogP contribution in [0.15, 0.2) is 30.3 Å². The highest BCUT2D eigenvalue weighted by Crippen LogP contribution is 2.19. The zero-order valence-electron chi connectivity index (χ0n) is 12.1. The zero-order valence-corrected chi connectivity index (χ0v) is 12.1. The van der Waals surface area contributed by atoms with Gasteiger partial charge in [-0.3, -0.25) is 10.1 Å². The first-order valence-corrected chi connectivity index (χ1v) is 7.22. The van der Waals surface area contributed by atoms with Crippen molar-refractivity contribution in [3.8, 4) is 0 Å². The highest BCUT2D eigenvalue weighted by molar-refractivity contribution is 5.84. The van der Waals surface area contributed by atoms with E-state index in [1.807, 2.05) is 23.1 Å². The standard InChI is InChI=1S/C16H24N2O/c1-4-18-15(10-12(2)3)17-14(16(18)19)11-13-8-6-5-7-9-13/h5-9,12,14-15,17H,4,10-11H2,1-3H3. The summed E-state index contributed by atoms with van der Waals surface area (Å²) >= 11 is 0. The minimum absolute atomic E-state index is 0.0638. The molecule has 0 bridgehead atoms. The van der Waals surface area contributed by atoms with E-state index in [1.54, 1.807) is 0 Å². The summed E-state index contributed by atoms with van der Waals surface area (Å²) in [5.74, 6) is 0.840. The summed E-state index contributed by atoms with van der Waals surface area (Å²) in [5.41, 5.74) is 1.22. The van der Waals surface area contributed by atoms with Gasteiger partial charge in [-0.05, 0) is 31.2 Å². The molecule has 0 saturated carbocycles. The molecule has 19 heavy (non-hydrogen) atoms. The minimum Gasteiger partial charge on any atom is -0.326 e. The average molecular weight is 260 g/mol. The van der Waals surface area contributed by atoms with Crippen LogP contribution in [0, 0.1) is 5.92 Å². The third-order valence-electron chi connectivity index (χ3n) is 3.67. The van der Waals surface area contributed by atoms with Crippen LogP contribution in [0.25, 0.3) is 0 Å². The molecule has 1 aromatic carbocycles. The Kier molecular flexibility index (Phi) is 4.59. The maximum Gasteiger partial charge on any atom is 0.241 e. The normalized spacial score (nSPS) is 23.4. The molecule has 0 aliphatic carbocycles. The Hall–Kier alpha value is -1.35. The Bertz CT molecular complexity index is 416. The number of carbonyl (C=O) groups is 1. The number of benzene rings is 1. The minimum atomic E-state index is -0.0638. The van der Waals surface area contributed by atoms with E-state index in [0.29, 0.717) is 5.92 Å². The lowest BCUT2D eigenvalue weighted by Gasteiger charge is -2.23. The quantitative estimate of drug-likeness (QED) is 0.882. The molecule has 1 amide bonds. The van der Waals surface area contributed by atoms with Gasteiger partial charge in [-0.2, -0.15) is 0 Å². The van der Waals surface area contributed by atoms with Crippen molar-refractivity contribution < 1.29 is 4.79 Å². The fraction of sp³-hybridized carbons (Fsp3) is 0.562. The zero-order chi connectivity index (χ0) is 13.8. The lowest BCUT2D eigenvalue weighted by molar-refractivity contribution is -0.129. The first kappa shape index (κ1) is 14.1. The summed E-state index contributed by atoms with van der Waals surface area (Å²) in [4.78, 5) is 14.4. The average Bonchev–Trinajstić information content (AvgIpc) is 2.66. The molecule has 3 heteroatoms. The Morgan fingerprint density at radius 2 is 1.95 bits per heavy atom. The smallest absolute Gasteiger partial charge is 0.241 e. The molecule has 1 aromatic rings. The van der Waals surface area contributed by atoms with Crippen molar-refractivity contribution >= 4 is 5.91 Å². The molecule has 0 radical (unpaired) electrons. The molecule has 2 rings (SSSR count). The SMILES string of the molecule is CCN1C(=O)C(Cc2ccccc2)NC1CC(C)C. The second-order valence-electron chi connectivity index (χ2n) is 5.68. The van der Waals surface area contributed by atoms with Crippen LogP contribution in [0.5, 0.6) is 0 Å². The van der Waals surface area contributed by atoms with Crippen LogP contribution >= 0.6 is 0 Å². The van der Waals surface area contributed by atoms with E-state index in [0.717, 1.165) is 19.4 Å². The number of rotatable bonds is 5. The third-order valence-corrected chi connectivity index (χ3v) is 3.67. The molecule has 1 aliphatic heterocycles. The fourth-order valence-corrected chi connectivity index (χ4v) is 2.76. The molecular weight excluding hydrogens is 236 g/mol. The van der Waals surface area contributed by atoms with E-state index in [1.165, 1.54) is 5.56 Å². The molecule has 1 saturated heterocycles. The number of hydrogen-bond donors (Lipinski definition) is 1. The van der Waals surface area contributed by atoms with Crippen molar-refractivity contribution in [3.63, 3.8) is 0 Å². The molecule has 1 heterocycles. The molecule has 1 fully saturated rings. The molecule has 104 valence electrons. The van der Waals surface area contributed by atoms with E-state index < -0.39 is 0 Å². The number of likely N-dealkylation sites (N-methyl/N-ethyl adjacent to an activating group) is 1. The fourth-order valence-electron chi connectivity index (χ4n) is 2.76. The highest BCUT2D eigenvalue weighted by atomic mass is 16.2. The predicted octanol–water partition coefficient (Wildman–Crippen LogP) is 2.42. The van der Waals surface area contributed by atoms with Gasteiger partial charge in [0.25, 0.3) is 0 Å². The van der Waals surface area contributed by atoms with Gasteiger partial charge in [0.2, 0.25) is 5.91 Å². The molecule has 2 unspecified atom stereocenters. The lowest BCUT2D eigenvalue weighted by atomic mass is 10.1. The molecular formula is C16H24N2O. The largest absolute Gasteiger partial charge is 0.326 e. The van der Waals surface area contributed by atoms with Crippen molar-refractivity contribution in [2.24, 2.45) is 5.92 Å². The Balaban J connectivity index is 2.05. The van der Waals surface area contributed by atoms with Gasteiger partial charge >= 0.3 is 0 Å². The molecule has 2 atom stereocenters. The Morgan fingerprint density at radius 3 is 2.53 bits per heavy atom. The lowest BCUT2D eigenvalue weighted by Crippen LogP contribution is -2.38. The van der Waals surface area contributed by atoms with E-state index in [2.05, 4.69) is 38.2 Å². The van der Waals surface area contributed by atoms with Crippen LogP contribution in [0.1, 0.15) is 32.8 Å². The molecule has 1 N–H and O–H groups in total. The first-order valence-electron chi connectivity index (χ1n) is 7.22. The van der Waals surface area contributed by atoms with E-state index >= 15 is 0 Å². The number of nitrogens with one attached hydrogen (secondary N) is 1. The van der Waals surface area contributed by atoms with Gasteiger partial charge in [-0.1, -0.05) is 44.2 Å². The predicted molar refractivity (Wildman–Crippen MR) is 77.7 cm³/mol. The summed E-state index contributed by atoms with van der Waals surface area (Å²) in [5, 5.41) is 3.50. The van der Waals surface area contributed by atoms with Crippen molar-refractivity contribution in [2.75, 3.05) is 6.54 Å². The van der Waals surface area contributed by atoms with Gasteiger partial charge in [-0.15, -0.1) is 0 Å². The van der Waals surface area contributed by atoms with Crippen LogP contribution < -0.4 is 5.32 Å². The summed E-state index contributed by atoms with van der Waals surface area (Å²) in [7, 11) is 0. The second kappa shape index (κ2) is 6.20. The number of nitrogens with zero attached hydrogens (tertiary/aromatic N) is 1.